The molecule has 104 valence electrons. The lowest BCUT2D eigenvalue weighted by atomic mass is 9.60. The van der Waals surface area contributed by atoms with E-state index in [9.17, 15) is 9.50 Å². The Kier molecular flexibility index (Phi) is 3.05. The van der Waals surface area contributed by atoms with Crippen molar-refractivity contribution in [1.29, 1.82) is 0 Å². The van der Waals surface area contributed by atoms with Gasteiger partial charge in [0.1, 0.15) is 11.6 Å². The van der Waals surface area contributed by atoms with Gasteiger partial charge in [0.2, 0.25) is 0 Å². The molecule has 0 saturated heterocycles. The van der Waals surface area contributed by atoms with E-state index in [1.807, 2.05) is 0 Å². The second-order valence-electron chi connectivity index (χ2n) is 6.46. The average Bonchev–Trinajstić information content (AvgIpc) is 2.35. The molecule has 0 aromatic heterocycles. The second kappa shape index (κ2) is 4.48. The van der Waals surface area contributed by atoms with Crippen molar-refractivity contribution < 1.29 is 9.50 Å². The Bertz CT molecular complexity index is 502. The number of aromatic hydroxyl groups is 1. The van der Waals surface area contributed by atoms with E-state index in [4.69, 9.17) is 5.73 Å². The lowest BCUT2D eigenvalue weighted by molar-refractivity contribution is 0.198. The Balaban J connectivity index is 2.17. The van der Waals surface area contributed by atoms with Crippen molar-refractivity contribution in [3.8, 4) is 5.75 Å². The number of nitrogens with two attached hydrogens (primary N) is 1. The maximum atomic E-state index is 14.2. The Hall–Kier alpha value is -1.09. The van der Waals surface area contributed by atoms with E-state index in [-0.39, 0.29) is 23.0 Å². The molecule has 0 radical (unpaired) electrons. The molecule has 2 bridgehead atoms. The quantitative estimate of drug-likeness (QED) is 0.754. The number of fused-ring (bicyclic) bond motifs is 4. The Labute approximate surface area is 113 Å². The fourth-order valence-electron chi connectivity index (χ4n) is 4.09. The predicted octanol–water partition coefficient (Wildman–Crippen LogP) is 3.25. The fraction of sp³-hybridized carbons (Fsp3) is 0.625. The maximum Gasteiger partial charge on any atom is 0.130 e. The van der Waals surface area contributed by atoms with Crippen LogP contribution in [0, 0.1) is 11.7 Å². The van der Waals surface area contributed by atoms with Crippen molar-refractivity contribution in [1.82, 2.24) is 0 Å². The molecule has 2 aliphatic carbocycles. The van der Waals surface area contributed by atoms with E-state index < -0.39 is 0 Å². The van der Waals surface area contributed by atoms with Crippen LogP contribution in [0.2, 0.25) is 0 Å². The summed E-state index contributed by atoms with van der Waals surface area (Å²) in [5.41, 5.74) is 8.03. The number of rotatable bonds is 0. The number of hydrogen-bond acceptors (Lipinski definition) is 2. The van der Waals surface area contributed by atoms with Crippen LogP contribution >= 0.6 is 0 Å². The standard InChI is InChI=1S/C16H22FNO/c1-16-6-4-2-3-5-10(15(16)18)7-12-13(16)8-11(19)9-14(12)17/h8-10,15,19H,2-7,18H2,1H3. The summed E-state index contributed by atoms with van der Waals surface area (Å²) in [6.07, 6.45) is 6.36. The van der Waals surface area contributed by atoms with Crippen LogP contribution in [0.4, 0.5) is 4.39 Å². The molecular weight excluding hydrogens is 241 g/mol. The van der Waals surface area contributed by atoms with Gasteiger partial charge in [-0.3, -0.25) is 0 Å². The third kappa shape index (κ3) is 1.95. The van der Waals surface area contributed by atoms with Crippen molar-refractivity contribution in [3.63, 3.8) is 0 Å². The second-order valence-corrected chi connectivity index (χ2v) is 6.46. The number of benzene rings is 1. The van der Waals surface area contributed by atoms with Crippen LogP contribution in [0.15, 0.2) is 12.1 Å². The van der Waals surface area contributed by atoms with Gasteiger partial charge in [-0.1, -0.05) is 26.2 Å². The first-order chi connectivity index (χ1) is 9.02. The number of phenols is 1. The fourth-order valence-corrected chi connectivity index (χ4v) is 4.09. The lowest BCUT2D eigenvalue weighted by Gasteiger charge is -2.47. The van der Waals surface area contributed by atoms with Crippen LogP contribution < -0.4 is 5.73 Å². The first-order valence-electron chi connectivity index (χ1n) is 7.30. The van der Waals surface area contributed by atoms with Crippen molar-refractivity contribution in [3.05, 3.63) is 29.1 Å². The number of hydrogen-bond donors (Lipinski definition) is 2. The minimum Gasteiger partial charge on any atom is -0.508 e. The molecule has 0 amide bonds. The summed E-state index contributed by atoms with van der Waals surface area (Å²) < 4.78 is 14.2. The highest BCUT2D eigenvalue weighted by molar-refractivity contribution is 5.44. The smallest absolute Gasteiger partial charge is 0.130 e. The molecule has 3 unspecified atom stereocenters. The molecule has 3 atom stereocenters. The van der Waals surface area contributed by atoms with Gasteiger partial charge < -0.3 is 10.8 Å². The van der Waals surface area contributed by atoms with Crippen LogP contribution in [0.1, 0.15) is 50.2 Å². The largest absolute Gasteiger partial charge is 0.508 e. The molecule has 1 saturated carbocycles. The number of phenolic OH excluding ortho intramolecular Hbond substituents is 1. The van der Waals surface area contributed by atoms with Crippen molar-refractivity contribution in [2.45, 2.75) is 56.9 Å². The zero-order valence-corrected chi connectivity index (χ0v) is 11.5. The van der Waals surface area contributed by atoms with Crippen LogP contribution in [0.3, 0.4) is 0 Å². The first-order valence-corrected chi connectivity index (χ1v) is 7.30. The summed E-state index contributed by atoms with van der Waals surface area (Å²) in [5, 5.41) is 9.71. The Morgan fingerprint density at radius 2 is 2.11 bits per heavy atom. The highest BCUT2D eigenvalue weighted by Gasteiger charge is 2.44. The summed E-state index contributed by atoms with van der Waals surface area (Å²) in [6.45, 7) is 2.15. The van der Waals surface area contributed by atoms with Crippen molar-refractivity contribution in [2.24, 2.45) is 11.7 Å². The van der Waals surface area contributed by atoms with E-state index in [0.29, 0.717) is 5.92 Å². The number of halogens is 1. The van der Waals surface area contributed by atoms with Gasteiger partial charge in [0, 0.05) is 17.5 Å². The minimum absolute atomic E-state index is 0.0187. The molecule has 3 N–H and O–H groups in total. The van der Waals surface area contributed by atoms with Crippen LogP contribution in [0.5, 0.6) is 5.75 Å². The molecule has 2 nitrogen and oxygen atoms in total. The average molecular weight is 263 g/mol. The molecule has 19 heavy (non-hydrogen) atoms. The summed E-state index contributed by atoms with van der Waals surface area (Å²) in [4.78, 5) is 0. The topological polar surface area (TPSA) is 46.2 Å². The zero-order chi connectivity index (χ0) is 13.6. The Morgan fingerprint density at radius 1 is 1.32 bits per heavy atom. The Morgan fingerprint density at radius 3 is 2.89 bits per heavy atom. The van der Waals surface area contributed by atoms with Gasteiger partial charge in [0.25, 0.3) is 0 Å². The molecule has 3 rings (SSSR count). The summed E-state index contributed by atoms with van der Waals surface area (Å²) in [5.74, 6) is 0.126. The van der Waals surface area contributed by atoms with Gasteiger partial charge >= 0.3 is 0 Å². The monoisotopic (exact) mass is 263 g/mol. The van der Waals surface area contributed by atoms with Crippen molar-refractivity contribution >= 4 is 0 Å². The summed E-state index contributed by atoms with van der Waals surface area (Å²) in [7, 11) is 0. The van der Waals surface area contributed by atoms with Gasteiger partial charge in [-0.05, 0) is 42.4 Å². The van der Waals surface area contributed by atoms with Crippen molar-refractivity contribution in [2.75, 3.05) is 0 Å². The molecule has 3 heteroatoms. The van der Waals surface area contributed by atoms with Gasteiger partial charge in [-0.15, -0.1) is 0 Å². The molecule has 1 aromatic carbocycles. The summed E-state index contributed by atoms with van der Waals surface area (Å²) in [6, 6.07) is 3.04. The van der Waals surface area contributed by atoms with Crippen LogP contribution in [-0.4, -0.2) is 11.1 Å². The van der Waals surface area contributed by atoms with E-state index in [0.717, 1.165) is 36.8 Å². The normalized spacial score (nSPS) is 34.3. The van der Waals surface area contributed by atoms with Gasteiger partial charge in [-0.2, -0.15) is 0 Å². The molecule has 1 fully saturated rings. The molecule has 1 aromatic rings. The third-order valence-corrected chi connectivity index (χ3v) is 5.28. The maximum absolute atomic E-state index is 14.2. The molecular formula is C16H22FNO. The zero-order valence-electron chi connectivity index (χ0n) is 11.5. The molecule has 2 aliphatic rings. The van der Waals surface area contributed by atoms with Crippen LogP contribution in [-0.2, 0) is 11.8 Å². The minimum atomic E-state index is -0.265. The van der Waals surface area contributed by atoms with Gasteiger partial charge in [0.05, 0.1) is 0 Å². The van der Waals surface area contributed by atoms with E-state index >= 15 is 0 Å². The predicted molar refractivity (Wildman–Crippen MR) is 73.7 cm³/mol. The molecule has 0 heterocycles. The lowest BCUT2D eigenvalue weighted by Crippen LogP contribution is -2.53. The summed E-state index contributed by atoms with van der Waals surface area (Å²) >= 11 is 0. The highest BCUT2D eigenvalue weighted by atomic mass is 19.1. The van der Waals surface area contributed by atoms with Crippen LogP contribution in [0.25, 0.3) is 0 Å². The van der Waals surface area contributed by atoms with Gasteiger partial charge in [0.15, 0.2) is 0 Å². The molecule has 0 aliphatic heterocycles. The highest BCUT2D eigenvalue weighted by Crippen LogP contribution is 2.47. The van der Waals surface area contributed by atoms with E-state index in [2.05, 4.69) is 6.92 Å². The SMILES string of the molecule is CC12CCCCCC(Cc3c(F)cc(O)cc31)C2N. The van der Waals surface area contributed by atoms with E-state index in [1.54, 1.807) is 6.07 Å². The molecule has 0 spiro atoms. The van der Waals surface area contributed by atoms with Gasteiger partial charge in [-0.25, -0.2) is 4.39 Å². The van der Waals surface area contributed by atoms with E-state index in [1.165, 1.54) is 18.9 Å². The first kappa shape index (κ1) is 12.9. The third-order valence-electron chi connectivity index (χ3n) is 5.28.